The lowest BCUT2D eigenvalue weighted by atomic mass is 10.0. The average molecular weight is 291 g/mol. The van der Waals surface area contributed by atoms with E-state index in [0.29, 0.717) is 0 Å². The first kappa shape index (κ1) is 14.1. The molecule has 0 saturated heterocycles. The van der Waals surface area contributed by atoms with Crippen LogP contribution in [0.3, 0.4) is 0 Å². The number of fused-ring (bicyclic) bond motifs is 1. The fraction of sp³-hybridized carbons (Fsp3) is 0.105. The summed E-state index contributed by atoms with van der Waals surface area (Å²) >= 11 is 0. The van der Waals surface area contributed by atoms with Crippen LogP contribution < -0.4 is 4.90 Å². The zero-order chi connectivity index (χ0) is 15.4. The second-order valence-electron chi connectivity index (χ2n) is 5.20. The number of carboxylic acid groups (broad SMARTS) is 1. The molecule has 3 rings (SSSR count). The van der Waals surface area contributed by atoms with Crippen molar-refractivity contribution in [1.82, 2.24) is 0 Å². The molecule has 0 amide bonds. The minimum absolute atomic E-state index is 0.0227. The van der Waals surface area contributed by atoms with Gasteiger partial charge in [0.25, 0.3) is 0 Å². The van der Waals surface area contributed by atoms with Crippen LogP contribution in [-0.2, 0) is 4.79 Å². The van der Waals surface area contributed by atoms with E-state index >= 15 is 0 Å². The number of nitrogens with zero attached hydrogens (tertiary/aromatic N) is 1. The number of hydrogen-bond acceptors (Lipinski definition) is 2. The third kappa shape index (κ3) is 3.09. The van der Waals surface area contributed by atoms with Crippen molar-refractivity contribution in [2.75, 3.05) is 11.4 Å². The van der Waals surface area contributed by atoms with E-state index in [9.17, 15) is 9.90 Å². The number of para-hydroxylation sites is 1. The molecule has 1 heterocycles. The molecule has 3 nitrogen and oxygen atoms in total. The van der Waals surface area contributed by atoms with E-state index in [1.165, 1.54) is 0 Å². The lowest BCUT2D eigenvalue weighted by Crippen LogP contribution is -2.38. The number of anilines is 1. The normalized spacial score (nSPS) is 16.7. The van der Waals surface area contributed by atoms with Crippen LogP contribution in [0.5, 0.6) is 0 Å². The minimum atomic E-state index is -0.830. The molecule has 0 aromatic heterocycles. The van der Waals surface area contributed by atoms with Gasteiger partial charge in [-0.25, -0.2) is 0 Å². The van der Waals surface area contributed by atoms with Crippen LogP contribution in [0, 0.1) is 0 Å². The largest absolute Gasteiger partial charge is 0.480 e. The van der Waals surface area contributed by atoms with Gasteiger partial charge in [-0.2, -0.15) is 0 Å². The van der Waals surface area contributed by atoms with Crippen molar-refractivity contribution < 1.29 is 9.90 Å². The third-order valence-corrected chi connectivity index (χ3v) is 3.67. The topological polar surface area (TPSA) is 40.5 Å². The van der Waals surface area contributed by atoms with Crippen molar-refractivity contribution in [3.8, 4) is 0 Å². The first-order valence-corrected chi connectivity index (χ1v) is 7.23. The zero-order valence-corrected chi connectivity index (χ0v) is 12.1. The van der Waals surface area contributed by atoms with E-state index < -0.39 is 5.97 Å². The quantitative estimate of drug-likeness (QED) is 0.934. The Hall–Kier alpha value is -2.81. The Morgan fingerprint density at radius 1 is 1.09 bits per heavy atom. The van der Waals surface area contributed by atoms with Crippen LogP contribution in [0.15, 0.2) is 66.7 Å². The molecule has 3 heteroatoms. The molecule has 1 N–H and O–H groups in total. The lowest BCUT2D eigenvalue weighted by Gasteiger charge is -2.32. The van der Waals surface area contributed by atoms with Crippen LogP contribution in [0.4, 0.5) is 5.69 Å². The van der Waals surface area contributed by atoms with Gasteiger partial charge in [0.05, 0.1) is 6.04 Å². The summed E-state index contributed by atoms with van der Waals surface area (Å²) in [6.07, 6.45) is 8.14. The summed E-state index contributed by atoms with van der Waals surface area (Å²) in [5.41, 5.74) is 3.10. The van der Waals surface area contributed by atoms with Gasteiger partial charge in [-0.05, 0) is 17.2 Å². The van der Waals surface area contributed by atoms with Gasteiger partial charge in [-0.1, -0.05) is 72.8 Å². The fourth-order valence-corrected chi connectivity index (χ4v) is 2.63. The molecule has 0 fully saturated rings. The lowest BCUT2D eigenvalue weighted by molar-refractivity contribution is -0.135. The Labute approximate surface area is 129 Å². The van der Waals surface area contributed by atoms with Gasteiger partial charge in [0, 0.05) is 5.69 Å². The minimum Gasteiger partial charge on any atom is -0.480 e. The first-order chi connectivity index (χ1) is 10.7. The number of aliphatic carboxylic acids is 1. The molecule has 2 aromatic rings. The molecule has 22 heavy (non-hydrogen) atoms. The number of rotatable bonds is 4. The molecule has 0 aliphatic carbocycles. The monoisotopic (exact) mass is 291 g/mol. The summed E-state index contributed by atoms with van der Waals surface area (Å²) in [6.45, 7) is -0.0227. The molecule has 1 aliphatic heterocycles. The van der Waals surface area contributed by atoms with Gasteiger partial charge in [0.15, 0.2) is 0 Å². The molecular formula is C19H17NO2. The van der Waals surface area contributed by atoms with Gasteiger partial charge in [-0.15, -0.1) is 0 Å². The Bertz CT molecular complexity index is 719. The van der Waals surface area contributed by atoms with Crippen LogP contribution in [0.25, 0.3) is 12.2 Å². The maximum Gasteiger partial charge on any atom is 0.323 e. The predicted molar refractivity (Wildman–Crippen MR) is 89.7 cm³/mol. The zero-order valence-electron chi connectivity index (χ0n) is 12.1. The first-order valence-electron chi connectivity index (χ1n) is 7.23. The molecule has 2 aromatic carbocycles. The van der Waals surface area contributed by atoms with E-state index in [0.717, 1.165) is 16.8 Å². The molecule has 0 bridgehead atoms. The van der Waals surface area contributed by atoms with Crippen LogP contribution >= 0.6 is 0 Å². The number of carbonyl (C=O) groups is 1. The summed E-state index contributed by atoms with van der Waals surface area (Å²) in [5.74, 6) is -0.830. The Morgan fingerprint density at radius 3 is 2.59 bits per heavy atom. The van der Waals surface area contributed by atoms with Crippen molar-refractivity contribution in [1.29, 1.82) is 0 Å². The highest BCUT2D eigenvalue weighted by Crippen LogP contribution is 2.29. The second kappa shape index (κ2) is 6.31. The summed E-state index contributed by atoms with van der Waals surface area (Å²) in [4.78, 5) is 13.1. The van der Waals surface area contributed by atoms with E-state index in [1.54, 1.807) is 0 Å². The van der Waals surface area contributed by atoms with Gasteiger partial charge in [0.2, 0.25) is 0 Å². The van der Waals surface area contributed by atoms with Gasteiger partial charge in [-0.3, -0.25) is 4.79 Å². The van der Waals surface area contributed by atoms with Crippen LogP contribution in [-0.4, -0.2) is 23.7 Å². The highest BCUT2D eigenvalue weighted by atomic mass is 16.4. The van der Waals surface area contributed by atoms with Crippen molar-refractivity contribution in [3.05, 3.63) is 77.9 Å². The van der Waals surface area contributed by atoms with Crippen LogP contribution in [0.1, 0.15) is 11.1 Å². The van der Waals surface area contributed by atoms with E-state index in [1.807, 2.05) is 83.8 Å². The maximum absolute atomic E-state index is 11.2. The highest BCUT2D eigenvalue weighted by Gasteiger charge is 2.22. The molecule has 1 unspecified atom stereocenters. The van der Waals surface area contributed by atoms with Crippen molar-refractivity contribution in [2.45, 2.75) is 6.04 Å². The van der Waals surface area contributed by atoms with E-state index in [4.69, 9.17) is 0 Å². The van der Waals surface area contributed by atoms with Gasteiger partial charge < -0.3 is 10.0 Å². The van der Waals surface area contributed by atoms with Crippen LogP contribution in [0.2, 0.25) is 0 Å². The SMILES string of the molecule is O=C(O)CN1c2ccccc2C=CC1/C=C/c1ccccc1. The molecule has 0 radical (unpaired) electrons. The Morgan fingerprint density at radius 2 is 1.82 bits per heavy atom. The standard InChI is InChI=1S/C19H17NO2/c21-19(22)14-20-17(12-10-15-6-2-1-3-7-15)13-11-16-8-4-5-9-18(16)20/h1-13,17H,14H2,(H,21,22)/b12-10+. The summed E-state index contributed by atoms with van der Waals surface area (Å²) in [7, 11) is 0. The fourth-order valence-electron chi connectivity index (χ4n) is 2.63. The van der Waals surface area contributed by atoms with Crippen molar-refractivity contribution in [2.24, 2.45) is 0 Å². The molecular weight excluding hydrogens is 274 g/mol. The predicted octanol–water partition coefficient (Wildman–Crippen LogP) is 3.69. The summed E-state index contributed by atoms with van der Waals surface area (Å²) in [6, 6.07) is 17.8. The summed E-state index contributed by atoms with van der Waals surface area (Å²) < 4.78 is 0. The van der Waals surface area contributed by atoms with E-state index in [2.05, 4.69) is 0 Å². The Kier molecular flexibility index (Phi) is 4.05. The molecule has 1 aliphatic rings. The molecule has 0 spiro atoms. The summed E-state index contributed by atoms with van der Waals surface area (Å²) in [5, 5.41) is 9.20. The second-order valence-corrected chi connectivity index (χ2v) is 5.20. The Balaban J connectivity index is 1.90. The highest BCUT2D eigenvalue weighted by molar-refractivity contribution is 5.80. The smallest absolute Gasteiger partial charge is 0.323 e. The molecule has 0 saturated carbocycles. The maximum atomic E-state index is 11.2. The molecule has 1 atom stereocenters. The van der Waals surface area contributed by atoms with Gasteiger partial charge >= 0.3 is 5.97 Å². The third-order valence-electron chi connectivity index (χ3n) is 3.67. The van der Waals surface area contributed by atoms with Gasteiger partial charge in [0.1, 0.15) is 6.54 Å². The van der Waals surface area contributed by atoms with Crippen molar-refractivity contribution in [3.63, 3.8) is 0 Å². The number of hydrogen-bond donors (Lipinski definition) is 1. The average Bonchev–Trinajstić information content (AvgIpc) is 2.54. The number of benzene rings is 2. The molecule has 110 valence electrons. The van der Waals surface area contributed by atoms with E-state index in [-0.39, 0.29) is 12.6 Å². The van der Waals surface area contributed by atoms with Crippen molar-refractivity contribution >= 4 is 23.8 Å². The number of carboxylic acids is 1.